The van der Waals surface area contributed by atoms with Crippen LogP contribution in [0.25, 0.3) is 11.3 Å². The first-order valence-corrected chi connectivity index (χ1v) is 15.0. The molecular weight excluding hydrogens is 544 g/mol. The molecule has 2 atom stereocenters. The Morgan fingerprint density at radius 3 is 2.36 bits per heavy atom. The molecule has 13 heteroatoms. The number of carboxylic acids is 1. The number of rotatable bonds is 11. The van der Waals surface area contributed by atoms with Gasteiger partial charge in [0.15, 0.2) is 0 Å². The molecular formula is C26H29N4O7S2-. The van der Waals surface area contributed by atoms with Crippen LogP contribution in [0.2, 0.25) is 0 Å². The van der Waals surface area contributed by atoms with Gasteiger partial charge in [-0.05, 0) is 42.0 Å². The summed E-state index contributed by atoms with van der Waals surface area (Å²) in [5, 5.41) is 9.82. The summed E-state index contributed by atoms with van der Waals surface area (Å²) in [4.78, 5) is 18.0. The van der Waals surface area contributed by atoms with Crippen LogP contribution in [0.5, 0.6) is 5.75 Å². The molecule has 11 nitrogen and oxygen atoms in total. The van der Waals surface area contributed by atoms with Crippen molar-refractivity contribution in [2.24, 2.45) is 0 Å². The summed E-state index contributed by atoms with van der Waals surface area (Å²) in [5.74, 6) is -0.675. The fraction of sp³-hybridized carbons (Fsp3) is 0.308. The van der Waals surface area contributed by atoms with Gasteiger partial charge in [-0.25, -0.2) is 8.42 Å². The molecule has 0 amide bonds. The van der Waals surface area contributed by atoms with Crippen molar-refractivity contribution < 1.29 is 31.8 Å². The molecule has 1 aliphatic rings. The van der Waals surface area contributed by atoms with Gasteiger partial charge in [0.1, 0.15) is 18.4 Å². The van der Waals surface area contributed by atoms with Crippen LogP contribution in [0.1, 0.15) is 5.56 Å². The Labute approximate surface area is 230 Å². The normalized spacial score (nSPS) is 16.4. The van der Waals surface area contributed by atoms with E-state index in [2.05, 4.69) is 4.98 Å². The fourth-order valence-corrected chi connectivity index (χ4v) is 5.70. The summed E-state index contributed by atoms with van der Waals surface area (Å²) < 4.78 is 55.8. The van der Waals surface area contributed by atoms with Crippen molar-refractivity contribution in [1.29, 1.82) is 0 Å². The topological polar surface area (TPSA) is 143 Å². The predicted molar refractivity (Wildman–Crippen MR) is 146 cm³/mol. The molecule has 1 aliphatic heterocycles. The molecule has 0 spiro atoms. The third-order valence-corrected chi connectivity index (χ3v) is 8.43. The van der Waals surface area contributed by atoms with E-state index in [0.717, 1.165) is 27.4 Å². The summed E-state index contributed by atoms with van der Waals surface area (Å²) >= 11 is -2.74. The maximum absolute atomic E-state index is 12.1. The third kappa shape index (κ3) is 7.61. The second-order valence-corrected chi connectivity index (χ2v) is 11.9. The minimum Gasteiger partial charge on any atom is -0.755 e. The molecule has 1 aromatic heterocycles. The number of nitrogens with zero attached hydrogens (tertiary/aromatic N) is 4. The van der Waals surface area contributed by atoms with E-state index in [0.29, 0.717) is 5.75 Å². The van der Waals surface area contributed by atoms with Gasteiger partial charge in [-0.2, -0.15) is 4.31 Å². The van der Waals surface area contributed by atoms with Crippen LogP contribution in [0.15, 0.2) is 72.9 Å². The van der Waals surface area contributed by atoms with E-state index in [9.17, 15) is 27.1 Å². The van der Waals surface area contributed by atoms with E-state index in [-0.39, 0.29) is 45.0 Å². The first-order chi connectivity index (χ1) is 18.6. The molecule has 39 heavy (non-hydrogen) atoms. The van der Waals surface area contributed by atoms with Crippen LogP contribution in [0, 0.1) is 0 Å². The molecule has 1 saturated heterocycles. The summed E-state index contributed by atoms with van der Waals surface area (Å²) in [7, 11) is -3.38. The number of hydrogen-bond acceptors (Lipinski definition) is 8. The lowest BCUT2D eigenvalue weighted by molar-refractivity contribution is -0.143. The standard InChI is InChI=1S/C26H30N4O7S2/c1-39(35,36)29-15-13-28(14-16-29)25(26(31)32)18-30(38(33)34)22-7-9-23(10-8-22)37-19-20-11-12-27-24(17-20)21-5-3-2-4-6-21/h2-12,17,25H,13-16,18-19H2,1H3,(H,31,32)(H,33,34)/p-1. The number of aromatic nitrogens is 1. The van der Waals surface area contributed by atoms with Crippen molar-refractivity contribution in [1.82, 2.24) is 14.2 Å². The van der Waals surface area contributed by atoms with Crippen molar-refractivity contribution in [3.05, 3.63) is 78.5 Å². The van der Waals surface area contributed by atoms with E-state index in [1.807, 2.05) is 42.5 Å². The van der Waals surface area contributed by atoms with Crippen molar-refractivity contribution >= 4 is 32.9 Å². The molecule has 2 heterocycles. The van der Waals surface area contributed by atoms with Gasteiger partial charge in [0.25, 0.3) is 0 Å². The lowest BCUT2D eigenvalue weighted by Crippen LogP contribution is -2.57. The number of carboxylic acid groups (broad SMARTS) is 1. The van der Waals surface area contributed by atoms with Gasteiger partial charge < -0.3 is 18.7 Å². The number of ether oxygens (including phenoxy) is 1. The van der Waals surface area contributed by atoms with Crippen LogP contribution in [-0.4, -0.2) is 87.5 Å². The zero-order chi connectivity index (χ0) is 28.0. The molecule has 0 bridgehead atoms. The number of carbonyl (C=O) groups is 1. The highest BCUT2D eigenvalue weighted by Gasteiger charge is 2.33. The zero-order valence-electron chi connectivity index (χ0n) is 21.3. The van der Waals surface area contributed by atoms with Crippen LogP contribution >= 0.6 is 0 Å². The van der Waals surface area contributed by atoms with E-state index < -0.39 is 33.3 Å². The first-order valence-electron chi connectivity index (χ1n) is 12.1. The number of sulfonamides is 1. The van der Waals surface area contributed by atoms with E-state index >= 15 is 0 Å². The largest absolute Gasteiger partial charge is 0.755 e. The van der Waals surface area contributed by atoms with E-state index in [1.165, 1.54) is 4.31 Å². The third-order valence-electron chi connectivity index (χ3n) is 6.41. The van der Waals surface area contributed by atoms with Gasteiger partial charge in [-0.3, -0.25) is 18.9 Å². The van der Waals surface area contributed by atoms with Gasteiger partial charge in [0, 0.05) is 54.9 Å². The van der Waals surface area contributed by atoms with Gasteiger partial charge in [-0.1, -0.05) is 30.3 Å². The van der Waals surface area contributed by atoms with Gasteiger partial charge in [0.05, 0.1) is 18.5 Å². The average molecular weight is 574 g/mol. The molecule has 2 aromatic carbocycles. The Balaban J connectivity index is 1.40. The molecule has 1 fully saturated rings. The highest BCUT2D eigenvalue weighted by atomic mass is 32.2. The molecule has 0 saturated carbocycles. The second kappa shape index (κ2) is 12.7. The van der Waals surface area contributed by atoms with Crippen molar-refractivity contribution in [2.45, 2.75) is 12.6 Å². The number of anilines is 1. The van der Waals surface area contributed by atoms with Gasteiger partial charge in [-0.15, -0.1) is 0 Å². The number of pyridine rings is 1. The Morgan fingerprint density at radius 2 is 1.77 bits per heavy atom. The number of aliphatic carboxylic acids is 1. The number of piperazine rings is 1. The minimum absolute atomic E-state index is 0.138. The lowest BCUT2D eigenvalue weighted by Gasteiger charge is -2.39. The molecule has 1 N–H and O–H groups in total. The second-order valence-electron chi connectivity index (χ2n) is 9.03. The molecule has 4 rings (SSSR count). The van der Waals surface area contributed by atoms with E-state index in [4.69, 9.17) is 4.74 Å². The molecule has 3 aromatic rings. The SMILES string of the molecule is CS(=O)(=O)N1CCN(C(CN(c2ccc(OCc3ccnc(-c4ccccc4)c3)cc2)S(=O)[O-])C(=O)O)CC1. The van der Waals surface area contributed by atoms with Crippen molar-refractivity contribution in [3.63, 3.8) is 0 Å². The van der Waals surface area contributed by atoms with Gasteiger partial charge >= 0.3 is 5.97 Å². The Morgan fingerprint density at radius 1 is 1.10 bits per heavy atom. The smallest absolute Gasteiger partial charge is 0.322 e. The van der Waals surface area contributed by atoms with Crippen molar-refractivity contribution in [2.75, 3.05) is 43.3 Å². The quantitative estimate of drug-likeness (QED) is 0.341. The van der Waals surface area contributed by atoms with Crippen LogP contribution < -0.4 is 9.04 Å². The fourth-order valence-electron chi connectivity index (χ4n) is 4.31. The Hall–Kier alpha value is -3.36. The van der Waals surface area contributed by atoms with Crippen LogP contribution in [-0.2, 0) is 32.7 Å². The molecule has 0 aliphatic carbocycles. The van der Waals surface area contributed by atoms with Gasteiger partial charge in [0.2, 0.25) is 10.0 Å². The summed E-state index contributed by atoms with van der Waals surface area (Å²) in [6.45, 7) is 0.580. The van der Waals surface area contributed by atoms with Crippen LogP contribution in [0.4, 0.5) is 5.69 Å². The number of hydrogen-bond donors (Lipinski definition) is 1. The summed E-state index contributed by atoms with van der Waals surface area (Å²) in [6.07, 6.45) is 2.82. The Bertz CT molecular complexity index is 1400. The maximum atomic E-state index is 12.1. The minimum atomic E-state index is -3.38. The molecule has 208 valence electrons. The molecule has 0 radical (unpaired) electrons. The monoisotopic (exact) mass is 573 g/mol. The highest BCUT2D eigenvalue weighted by Crippen LogP contribution is 2.24. The Kier molecular flexibility index (Phi) is 9.30. The molecule has 2 unspecified atom stereocenters. The lowest BCUT2D eigenvalue weighted by atomic mass is 10.1. The van der Waals surface area contributed by atoms with Crippen molar-refractivity contribution in [3.8, 4) is 17.0 Å². The average Bonchev–Trinajstić information content (AvgIpc) is 2.93. The first kappa shape index (κ1) is 28.6. The summed E-state index contributed by atoms with van der Waals surface area (Å²) in [6, 6.07) is 18.8. The van der Waals surface area contributed by atoms with Crippen LogP contribution in [0.3, 0.4) is 0 Å². The van der Waals surface area contributed by atoms with E-state index in [1.54, 1.807) is 35.4 Å². The zero-order valence-corrected chi connectivity index (χ0v) is 22.9. The number of benzene rings is 2. The maximum Gasteiger partial charge on any atom is 0.322 e. The highest BCUT2D eigenvalue weighted by molar-refractivity contribution is 7.88. The summed E-state index contributed by atoms with van der Waals surface area (Å²) in [5.41, 5.74) is 3.01. The predicted octanol–water partition coefficient (Wildman–Crippen LogP) is 1.96.